The Morgan fingerprint density at radius 1 is 1.33 bits per heavy atom. The topological polar surface area (TPSA) is 99.9 Å². The van der Waals surface area contributed by atoms with Crippen LogP contribution < -0.4 is 10.6 Å². The van der Waals surface area contributed by atoms with Crippen LogP contribution in [0.25, 0.3) is 0 Å². The van der Waals surface area contributed by atoms with Crippen LogP contribution in [0.5, 0.6) is 0 Å². The van der Waals surface area contributed by atoms with Crippen LogP contribution in [0.3, 0.4) is 0 Å². The fourth-order valence-corrected chi connectivity index (χ4v) is 4.06. The molecule has 124 valence electrons. The van der Waals surface area contributed by atoms with Crippen molar-refractivity contribution in [1.29, 1.82) is 0 Å². The van der Waals surface area contributed by atoms with Gasteiger partial charge in [0.2, 0.25) is 11.9 Å². The third kappa shape index (κ3) is 2.60. The normalized spacial score (nSPS) is 27.7. The van der Waals surface area contributed by atoms with E-state index >= 15 is 0 Å². The first kappa shape index (κ1) is 15.0. The molecular weight excluding hydrogens is 330 g/mol. The zero-order valence-electron chi connectivity index (χ0n) is 12.6. The number of amides is 1. The Balaban J connectivity index is 1.46. The lowest BCUT2D eigenvalue weighted by molar-refractivity contribution is -0.384. The van der Waals surface area contributed by atoms with Gasteiger partial charge in [-0.2, -0.15) is 0 Å². The third-order valence-corrected chi connectivity index (χ3v) is 5.39. The van der Waals surface area contributed by atoms with Gasteiger partial charge in [-0.05, 0) is 18.3 Å². The van der Waals surface area contributed by atoms with E-state index in [0.717, 1.165) is 4.90 Å². The number of fused-ring (bicyclic) bond motifs is 2. The smallest absolute Gasteiger partial charge is 0.269 e. The van der Waals surface area contributed by atoms with Gasteiger partial charge in [0, 0.05) is 28.8 Å². The number of hydrogen-bond acceptors (Lipinski definition) is 7. The first-order valence-electron chi connectivity index (χ1n) is 7.58. The molecule has 3 heterocycles. The van der Waals surface area contributed by atoms with Crippen LogP contribution >= 0.6 is 11.8 Å². The summed E-state index contributed by atoms with van der Waals surface area (Å²) in [4.78, 5) is 30.0. The quantitative estimate of drug-likeness (QED) is 0.624. The number of nitro groups is 1. The van der Waals surface area contributed by atoms with Crippen molar-refractivity contribution < 1.29 is 9.72 Å². The Hall–Kier alpha value is -2.55. The molecule has 0 spiro atoms. The Kier molecular flexibility index (Phi) is 3.64. The van der Waals surface area contributed by atoms with E-state index in [0.29, 0.717) is 19.0 Å². The molecule has 0 saturated carbocycles. The predicted octanol–water partition coefficient (Wildman–Crippen LogP) is 0.916. The van der Waals surface area contributed by atoms with E-state index in [1.165, 1.54) is 12.1 Å². The Bertz CT molecular complexity index is 748. The van der Waals surface area contributed by atoms with E-state index in [1.54, 1.807) is 35.0 Å². The standard InChI is InChI=1S/C15H15N5O3S/c21-14-12-5-6-16-13(12)18-15-17-7-11(8-19(14)15)24-10-3-1-9(2-4-10)20(22)23/h1-6,11-13,16H,7-8H2,(H,17,18). The number of nitrogens with one attached hydrogen (secondary N) is 2. The monoisotopic (exact) mass is 345 g/mol. The maximum atomic E-state index is 12.6. The number of rotatable bonds is 3. The summed E-state index contributed by atoms with van der Waals surface area (Å²) in [5.74, 6) is 0.470. The van der Waals surface area contributed by atoms with Gasteiger partial charge in [0.25, 0.3) is 5.69 Å². The highest BCUT2D eigenvalue weighted by Crippen LogP contribution is 2.30. The van der Waals surface area contributed by atoms with E-state index in [2.05, 4.69) is 15.6 Å². The highest BCUT2D eigenvalue weighted by molar-refractivity contribution is 8.00. The molecule has 2 N–H and O–H groups in total. The van der Waals surface area contributed by atoms with Gasteiger partial charge in [-0.25, -0.2) is 0 Å². The number of hydrogen-bond donors (Lipinski definition) is 2. The highest BCUT2D eigenvalue weighted by atomic mass is 32.2. The zero-order valence-corrected chi connectivity index (χ0v) is 13.4. The van der Waals surface area contributed by atoms with Crippen molar-refractivity contribution in [3.05, 3.63) is 46.7 Å². The molecule has 0 aliphatic carbocycles. The summed E-state index contributed by atoms with van der Waals surface area (Å²) in [5.41, 5.74) is 0.0743. The van der Waals surface area contributed by atoms with Gasteiger partial charge in [-0.1, -0.05) is 6.08 Å². The van der Waals surface area contributed by atoms with Crippen LogP contribution in [0.1, 0.15) is 0 Å². The number of nitrogens with zero attached hydrogens (tertiary/aromatic N) is 3. The molecule has 0 radical (unpaired) electrons. The molecule has 4 rings (SSSR count). The number of non-ortho nitro benzene ring substituents is 1. The fraction of sp³-hybridized carbons (Fsp3) is 0.333. The number of nitro benzene ring substituents is 1. The number of thioether (sulfide) groups is 1. The van der Waals surface area contributed by atoms with E-state index in [1.807, 2.05) is 6.08 Å². The number of carbonyl (C=O) groups excluding carboxylic acids is 1. The van der Waals surface area contributed by atoms with Crippen LogP contribution in [0.4, 0.5) is 5.69 Å². The average molecular weight is 345 g/mol. The molecule has 0 bridgehead atoms. The molecule has 8 nitrogen and oxygen atoms in total. The van der Waals surface area contributed by atoms with Crippen LogP contribution in [-0.4, -0.2) is 46.2 Å². The molecule has 1 aromatic rings. The molecule has 3 unspecified atom stereocenters. The van der Waals surface area contributed by atoms with Crippen molar-refractivity contribution in [1.82, 2.24) is 15.5 Å². The molecule has 1 aromatic carbocycles. The molecule has 3 aliphatic heterocycles. The minimum atomic E-state index is -0.413. The molecule has 1 fully saturated rings. The van der Waals surface area contributed by atoms with E-state index in [-0.39, 0.29) is 28.9 Å². The van der Waals surface area contributed by atoms with E-state index < -0.39 is 4.92 Å². The molecule has 1 amide bonds. The van der Waals surface area contributed by atoms with Crippen molar-refractivity contribution in [3.63, 3.8) is 0 Å². The molecule has 0 aromatic heterocycles. The van der Waals surface area contributed by atoms with Crippen molar-refractivity contribution in [3.8, 4) is 0 Å². The van der Waals surface area contributed by atoms with Gasteiger partial charge < -0.3 is 10.6 Å². The van der Waals surface area contributed by atoms with Gasteiger partial charge in [0.1, 0.15) is 6.17 Å². The molecule has 1 saturated heterocycles. The first-order chi connectivity index (χ1) is 11.6. The number of benzene rings is 1. The number of guanidine groups is 1. The largest absolute Gasteiger partial charge is 0.371 e. The van der Waals surface area contributed by atoms with Crippen LogP contribution in [0.15, 0.2) is 46.4 Å². The maximum absolute atomic E-state index is 12.6. The van der Waals surface area contributed by atoms with Gasteiger partial charge in [0.05, 0.1) is 17.4 Å². The SMILES string of the molecule is O=C1C2C=CNC2NC2=NCC(Sc3ccc([N+](=O)[O-])cc3)CN12. The van der Waals surface area contributed by atoms with Crippen LogP contribution in [0.2, 0.25) is 0 Å². The lowest BCUT2D eigenvalue weighted by Gasteiger charge is -2.40. The van der Waals surface area contributed by atoms with Gasteiger partial charge in [0.15, 0.2) is 0 Å². The second kappa shape index (κ2) is 5.82. The summed E-state index contributed by atoms with van der Waals surface area (Å²) in [7, 11) is 0. The number of aliphatic imine (C=N–C) groups is 1. The summed E-state index contributed by atoms with van der Waals surface area (Å²) in [6, 6.07) is 6.45. The van der Waals surface area contributed by atoms with Gasteiger partial charge in [-0.3, -0.25) is 24.8 Å². The summed E-state index contributed by atoms with van der Waals surface area (Å²) in [6.45, 7) is 1.17. The molecule has 24 heavy (non-hydrogen) atoms. The second-order valence-corrected chi connectivity index (χ2v) is 7.15. The highest BCUT2D eigenvalue weighted by Gasteiger charge is 2.42. The van der Waals surface area contributed by atoms with Gasteiger partial charge in [-0.15, -0.1) is 11.8 Å². The minimum Gasteiger partial charge on any atom is -0.371 e. The van der Waals surface area contributed by atoms with Crippen LogP contribution in [0, 0.1) is 16.0 Å². The Morgan fingerprint density at radius 3 is 2.88 bits per heavy atom. The Morgan fingerprint density at radius 2 is 2.12 bits per heavy atom. The van der Waals surface area contributed by atoms with Crippen molar-refractivity contribution in [2.24, 2.45) is 10.9 Å². The van der Waals surface area contributed by atoms with Crippen LogP contribution in [-0.2, 0) is 4.79 Å². The van der Waals surface area contributed by atoms with E-state index in [9.17, 15) is 14.9 Å². The lowest BCUT2D eigenvalue weighted by atomic mass is 10.0. The summed E-state index contributed by atoms with van der Waals surface area (Å²) >= 11 is 1.58. The zero-order chi connectivity index (χ0) is 16.7. The fourth-order valence-electron chi connectivity index (χ4n) is 3.01. The maximum Gasteiger partial charge on any atom is 0.269 e. The van der Waals surface area contributed by atoms with E-state index in [4.69, 9.17) is 0 Å². The number of carbonyl (C=O) groups is 1. The summed E-state index contributed by atoms with van der Waals surface area (Å²) < 4.78 is 0. The molecule has 3 aliphatic rings. The molecule has 9 heteroatoms. The third-order valence-electron chi connectivity index (χ3n) is 4.21. The molecule has 3 atom stereocenters. The minimum absolute atomic E-state index is 0.0488. The van der Waals surface area contributed by atoms with Crippen molar-refractivity contribution in [2.75, 3.05) is 13.1 Å². The summed E-state index contributed by atoms with van der Waals surface area (Å²) in [5, 5.41) is 17.2. The predicted molar refractivity (Wildman–Crippen MR) is 89.4 cm³/mol. The Labute approximate surface area is 142 Å². The van der Waals surface area contributed by atoms with Crippen molar-refractivity contribution >= 4 is 29.3 Å². The average Bonchev–Trinajstić information content (AvgIpc) is 3.05. The van der Waals surface area contributed by atoms with Crippen molar-refractivity contribution in [2.45, 2.75) is 16.3 Å². The molecular formula is C15H15N5O3S. The first-order valence-corrected chi connectivity index (χ1v) is 8.46. The summed E-state index contributed by atoms with van der Waals surface area (Å²) in [6.07, 6.45) is 3.55. The second-order valence-electron chi connectivity index (χ2n) is 5.78. The van der Waals surface area contributed by atoms with Gasteiger partial charge >= 0.3 is 0 Å². The lowest BCUT2D eigenvalue weighted by Crippen LogP contribution is -2.64.